The van der Waals surface area contributed by atoms with Crippen molar-refractivity contribution in [3.05, 3.63) is 58.1 Å². The number of benzene rings is 2. The number of phenols is 2. The lowest BCUT2D eigenvalue weighted by Gasteiger charge is -2.16. The fourth-order valence-corrected chi connectivity index (χ4v) is 2.77. The van der Waals surface area contributed by atoms with Crippen LogP contribution in [0.4, 0.5) is 4.79 Å². The molecule has 0 spiro atoms. The molecule has 2 aromatic rings. The summed E-state index contributed by atoms with van der Waals surface area (Å²) < 4.78 is 0. The maximum Gasteiger partial charge on any atom is 0.318 e. The molecule has 1 aliphatic heterocycles. The number of hydrogen-bond donors (Lipinski definition) is 3. The first-order valence-corrected chi connectivity index (χ1v) is 7.71. The van der Waals surface area contributed by atoms with E-state index in [9.17, 15) is 15.0 Å². The van der Waals surface area contributed by atoms with Crippen LogP contribution in [0.1, 0.15) is 16.7 Å². The molecule has 0 radical (unpaired) electrons. The van der Waals surface area contributed by atoms with E-state index < -0.39 is 0 Å². The molecule has 0 unspecified atom stereocenters. The van der Waals surface area contributed by atoms with Crippen LogP contribution in [0.15, 0.2) is 36.4 Å². The molecular weight excluding hydrogens is 316 g/mol. The molecule has 23 heavy (non-hydrogen) atoms. The zero-order chi connectivity index (χ0) is 16.4. The van der Waals surface area contributed by atoms with Gasteiger partial charge in [0.1, 0.15) is 0 Å². The van der Waals surface area contributed by atoms with E-state index in [-0.39, 0.29) is 17.5 Å². The van der Waals surface area contributed by atoms with Crippen molar-refractivity contribution in [2.75, 3.05) is 6.54 Å². The molecule has 3 N–H and O–H groups in total. The van der Waals surface area contributed by atoms with Crippen LogP contribution in [0.5, 0.6) is 11.5 Å². The molecule has 1 heterocycles. The molecule has 6 heteroatoms. The summed E-state index contributed by atoms with van der Waals surface area (Å²) in [4.78, 5) is 13.8. The van der Waals surface area contributed by atoms with Gasteiger partial charge in [0.2, 0.25) is 0 Å². The van der Waals surface area contributed by atoms with E-state index in [2.05, 4.69) is 5.32 Å². The van der Waals surface area contributed by atoms with E-state index >= 15 is 0 Å². The molecule has 0 fully saturated rings. The quantitative estimate of drug-likeness (QED) is 0.756. The van der Waals surface area contributed by atoms with Gasteiger partial charge in [-0.3, -0.25) is 0 Å². The molecule has 2 amide bonds. The second kappa shape index (κ2) is 6.38. The molecule has 1 aliphatic rings. The van der Waals surface area contributed by atoms with E-state index in [0.717, 1.165) is 23.1 Å². The van der Waals surface area contributed by atoms with E-state index in [1.807, 2.05) is 24.3 Å². The van der Waals surface area contributed by atoms with E-state index in [1.165, 1.54) is 12.1 Å². The van der Waals surface area contributed by atoms with Gasteiger partial charge < -0.3 is 20.4 Å². The van der Waals surface area contributed by atoms with Gasteiger partial charge in [-0.15, -0.1) is 0 Å². The molecule has 0 aliphatic carbocycles. The van der Waals surface area contributed by atoms with Crippen molar-refractivity contribution in [2.24, 2.45) is 0 Å². The van der Waals surface area contributed by atoms with E-state index in [4.69, 9.17) is 11.6 Å². The third-order valence-electron chi connectivity index (χ3n) is 3.91. The van der Waals surface area contributed by atoms with Crippen molar-refractivity contribution in [2.45, 2.75) is 19.5 Å². The summed E-state index contributed by atoms with van der Waals surface area (Å²) in [5.41, 5.74) is 2.82. The highest BCUT2D eigenvalue weighted by Gasteiger charge is 2.24. The van der Waals surface area contributed by atoms with Crippen LogP contribution < -0.4 is 5.32 Å². The van der Waals surface area contributed by atoms with Gasteiger partial charge in [0.25, 0.3) is 0 Å². The van der Waals surface area contributed by atoms with Crippen LogP contribution in [0.2, 0.25) is 5.02 Å². The molecule has 3 rings (SSSR count). The highest BCUT2D eigenvalue weighted by molar-refractivity contribution is 6.30. The molecular formula is C17H17ClN2O3. The minimum absolute atomic E-state index is 0.158. The number of carbonyl (C=O) groups is 1. The van der Waals surface area contributed by atoms with Gasteiger partial charge in [0.05, 0.1) is 0 Å². The number of rotatable bonds is 3. The smallest absolute Gasteiger partial charge is 0.318 e. The number of hydrogen-bond acceptors (Lipinski definition) is 3. The molecule has 120 valence electrons. The zero-order valence-electron chi connectivity index (χ0n) is 12.4. The Hall–Kier alpha value is -2.40. The van der Waals surface area contributed by atoms with Crippen molar-refractivity contribution in [3.63, 3.8) is 0 Å². The van der Waals surface area contributed by atoms with Gasteiger partial charge >= 0.3 is 6.03 Å². The number of amides is 2. The highest BCUT2D eigenvalue weighted by Crippen LogP contribution is 2.33. The number of fused-ring (bicyclic) bond motifs is 1. The third-order valence-corrected chi connectivity index (χ3v) is 4.16. The minimum Gasteiger partial charge on any atom is -0.504 e. The summed E-state index contributed by atoms with van der Waals surface area (Å²) in [7, 11) is 0. The van der Waals surface area contributed by atoms with Gasteiger partial charge in [-0.1, -0.05) is 23.7 Å². The van der Waals surface area contributed by atoms with Crippen LogP contribution in [0.25, 0.3) is 0 Å². The Morgan fingerprint density at radius 3 is 2.22 bits per heavy atom. The monoisotopic (exact) mass is 332 g/mol. The average molecular weight is 333 g/mol. The zero-order valence-corrected chi connectivity index (χ0v) is 13.2. The van der Waals surface area contributed by atoms with Gasteiger partial charge in [-0.05, 0) is 47.4 Å². The largest absolute Gasteiger partial charge is 0.504 e. The summed E-state index contributed by atoms with van der Waals surface area (Å²) in [6.45, 7) is 1.38. The Morgan fingerprint density at radius 2 is 1.65 bits per heavy atom. The Balaban J connectivity index is 1.53. The average Bonchev–Trinajstić information content (AvgIpc) is 2.92. The molecule has 0 saturated heterocycles. The number of aromatic hydroxyl groups is 2. The fourth-order valence-electron chi connectivity index (χ4n) is 2.65. The molecule has 5 nitrogen and oxygen atoms in total. The lowest BCUT2D eigenvalue weighted by molar-refractivity contribution is 0.198. The van der Waals surface area contributed by atoms with Gasteiger partial charge in [-0.25, -0.2) is 4.79 Å². The molecule has 0 atom stereocenters. The lowest BCUT2D eigenvalue weighted by atomic mass is 10.1. The normalized spacial score (nSPS) is 13.0. The number of halogens is 1. The second-order valence-electron chi connectivity index (χ2n) is 5.57. The highest BCUT2D eigenvalue weighted by atomic mass is 35.5. The standard InChI is InChI=1S/C17H17ClN2O3/c18-14-3-1-11(2-4-14)5-6-19-17(23)20-9-12-7-15(21)16(22)8-13(12)10-20/h1-4,7-8,21-22H,5-6,9-10H2,(H,19,23). The van der Waals surface area contributed by atoms with E-state index in [1.54, 1.807) is 4.90 Å². The first-order chi connectivity index (χ1) is 11.0. The summed E-state index contributed by atoms with van der Waals surface area (Å²) in [5, 5.41) is 22.6. The first kappa shape index (κ1) is 15.5. The van der Waals surface area contributed by atoms with Crippen molar-refractivity contribution < 1.29 is 15.0 Å². The number of carbonyl (C=O) groups excluding carboxylic acids is 1. The number of nitrogens with one attached hydrogen (secondary N) is 1. The summed E-state index contributed by atoms with van der Waals surface area (Å²) in [6.07, 6.45) is 0.727. The van der Waals surface area contributed by atoms with E-state index in [0.29, 0.717) is 24.7 Å². The summed E-state index contributed by atoms with van der Waals surface area (Å²) in [5.74, 6) is -0.317. The predicted octanol–water partition coefficient (Wildman–Crippen LogP) is 3.02. The molecule has 0 aromatic heterocycles. The van der Waals surface area contributed by atoms with Crippen molar-refractivity contribution in [1.82, 2.24) is 10.2 Å². The minimum atomic E-state index is -0.159. The molecule has 0 saturated carbocycles. The van der Waals surface area contributed by atoms with Crippen LogP contribution in [0, 0.1) is 0 Å². The third kappa shape index (κ3) is 3.51. The molecule has 0 bridgehead atoms. The number of urea groups is 1. The topological polar surface area (TPSA) is 72.8 Å². The number of nitrogens with zero attached hydrogens (tertiary/aromatic N) is 1. The van der Waals surface area contributed by atoms with Crippen molar-refractivity contribution in [1.29, 1.82) is 0 Å². The van der Waals surface area contributed by atoms with Gasteiger partial charge in [0.15, 0.2) is 11.5 Å². The van der Waals surface area contributed by atoms with Crippen LogP contribution in [-0.2, 0) is 19.5 Å². The predicted molar refractivity (Wildman–Crippen MR) is 87.6 cm³/mol. The van der Waals surface area contributed by atoms with Gasteiger partial charge in [-0.2, -0.15) is 0 Å². The fraction of sp³-hybridized carbons (Fsp3) is 0.235. The Bertz CT molecular complexity index is 700. The Labute approximate surface area is 139 Å². The summed E-state index contributed by atoms with van der Waals surface area (Å²) >= 11 is 5.84. The van der Waals surface area contributed by atoms with Crippen LogP contribution >= 0.6 is 11.6 Å². The van der Waals surface area contributed by atoms with Crippen molar-refractivity contribution >= 4 is 17.6 Å². The Kier molecular flexibility index (Phi) is 4.30. The SMILES string of the molecule is O=C(NCCc1ccc(Cl)cc1)N1Cc2cc(O)c(O)cc2C1. The first-order valence-electron chi connectivity index (χ1n) is 7.34. The second-order valence-corrected chi connectivity index (χ2v) is 6.01. The van der Waals surface area contributed by atoms with Crippen molar-refractivity contribution in [3.8, 4) is 11.5 Å². The lowest BCUT2D eigenvalue weighted by Crippen LogP contribution is -2.37. The van der Waals surface area contributed by atoms with Crippen LogP contribution in [-0.4, -0.2) is 27.7 Å². The summed E-state index contributed by atoms with van der Waals surface area (Å²) in [6, 6.07) is 10.4. The molecule has 2 aromatic carbocycles. The Morgan fingerprint density at radius 1 is 1.09 bits per heavy atom. The number of phenolic OH excluding ortho intramolecular Hbond substituents is 2. The van der Waals surface area contributed by atoms with Crippen LogP contribution in [0.3, 0.4) is 0 Å². The maximum atomic E-state index is 12.2. The van der Waals surface area contributed by atoms with Gasteiger partial charge in [0, 0.05) is 24.7 Å². The maximum absolute atomic E-state index is 12.2.